The lowest BCUT2D eigenvalue weighted by Crippen LogP contribution is -2.38. The Kier molecular flexibility index (Phi) is 5.40. The summed E-state index contributed by atoms with van der Waals surface area (Å²) >= 11 is 0. The van der Waals surface area contributed by atoms with E-state index in [-0.39, 0.29) is 11.8 Å². The number of fused-ring (bicyclic) bond motifs is 1. The molecule has 0 bridgehead atoms. The van der Waals surface area contributed by atoms with Crippen LogP contribution in [0, 0.1) is 0 Å². The third-order valence-electron chi connectivity index (χ3n) is 5.83. The number of hydrogen-bond donors (Lipinski definition) is 0. The summed E-state index contributed by atoms with van der Waals surface area (Å²) in [5, 5.41) is 0. The fourth-order valence-electron chi connectivity index (χ4n) is 4.10. The summed E-state index contributed by atoms with van der Waals surface area (Å²) in [7, 11) is 0. The van der Waals surface area contributed by atoms with Crippen molar-refractivity contribution in [3.8, 4) is 5.75 Å². The van der Waals surface area contributed by atoms with Crippen molar-refractivity contribution >= 4 is 17.0 Å². The number of nitrogens with zero attached hydrogens (tertiary/aromatic N) is 2. The summed E-state index contributed by atoms with van der Waals surface area (Å²) in [6.07, 6.45) is 1.70. The molecular weight excluding hydrogens is 388 g/mol. The Bertz CT molecular complexity index is 1140. The van der Waals surface area contributed by atoms with E-state index in [4.69, 9.17) is 9.15 Å². The van der Waals surface area contributed by atoms with E-state index in [9.17, 15) is 4.79 Å². The zero-order valence-corrected chi connectivity index (χ0v) is 17.2. The van der Waals surface area contributed by atoms with E-state index in [0.717, 1.165) is 41.1 Å². The third kappa shape index (κ3) is 4.17. The minimum absolute atomic E-state index is 0.0586. The molecule has 0 aliphatic carbocycles. The van der Waals surface area contributed by atoms with Crippen molar-refractivity contribution in [2.75, 3.05) is 13.1 Å². The first-order chi connectivity index (χ1) is 15.3. The molecule has 0 spiro atoms. The van der Waals surface area contributed by atoms with Crippen LogP contribution in [0.15, 0.2) is 83.3 Å². The second kappa shape index (κ2) is 8.64. The third-order valence-corrected chi connectivity index (χ3v) is 5.83. The number of carbonyl (C=O) groups is 1. The largest absolute Gasteiger partial charge is 0.489 e. The Morgan fingerprint density at radius 1 is 0.935 bits per heavy atom. The minimum atomic E-state index is 0.0586. The Morgan fingerprint density at radius 2 is 1.65 bits per heavy atom. The summed E-state index contributed by atoms with van der Waals surface area (Å²) < 4.78 is 11.8. The van der Waals surface area contributed by atoms with Crippen LogP contribution in [0.4, 0.5) is 0 Å². The van der Waals surface area contributed by atoms with Gasteiger partial charge >= 0.3 is 0 Å². The molecule has 1 aliphatic heterocycles. The topological polar surface area (TPSA) is 55.6 Å². The molecule has 4 aromatic rings. The Labute approximate surface area is 181 Å². The number of benzene rings is 3. The van der Waals surface area contributed by atoms with Crippen LogP contribution in [0.3, 0.4) is 0 Å². The summed E-state index contributed by atoms with van der Waals surface area (Å²) in [5.41, 5.74) is 3.32. The van der Waals surface area contributed by atoms with Gasteiger partial charge in [-0.25, -0.2) is 4.98 Å². The van der Waals surface area contributed by atoms with Crippen LogP contribution in [0.2, 0.25) is 0 Å². The second-order valence-electron chi connectivity index (χ2n) is 7.85. The van der Waals surface area contributed by atoms with Crippen LogP contribution in [-0.2, 0) is 6.61 Å². The van der Waals surface area contributed by atoms with Crippen LogP contribution in [0.1, 0.15) is 40.6 Å². The predicted molar refractivity (Wildman–Crippen MR) is 119 cm³/mol. The smallest absolute Gasteiger partial charge is 0.254 e. The van der Waals surface area contributed by atoms with E-state index in [1.807, 2.05) is 83.8 Å². The molecule has 5 rings (SSSR count). The highest BCUT2D eigenvalue weighted by Gasteiger charge is 2.28. The van der Waals surface area contributed by atoms with Gasteiger partial charge < -0.3 is 14.1 Å². The number of hydrogen-bond acceptors (Lipinski definition) is 4. The lowest BCUT2D eigenvalue weighted by Gasteiger charge is -2.31. The molecule has 31 heavy (non-hydrogen) atoms. The monoisotopic (exact) mass is 412 g/mol. The maximum Gasteiger partial charge on any atom is 0.254 e. The van der Waals surface area contributed by atoms with E-state index in [2.05, 4.69) is 4.98 Å². The maximum atomic E-state index is 13.2. The van der Waals surface area contributed by atoms with Crippen LogP contribution >= 0.6 is 0 Å². The van der Waals surface area contributed by atoms with Gasteiger partial charge in [-0.2, -0.15) is 0 Å². The summed E-state index contributed by atoms with van der Waals surface area (Å²) in [6, 6.07) is 25.2. The molecule has 156 valence electrons. The summed E-state index contributed by atoms with van der Waals surface area (Å²) in [4.78, 5) is 19.8. The minimum Gasteiger partial charge on any atom is -0.489 e. The van der Waals surface area contributed by atoms with Gasteiger partial charge in [0.1, 0.15) is 17.9 Å². The number of piperidine rings is 1. The molecule has 2 heterocycles. The zero-order valence-electron chi connectivity index (χ0n) is 17.2. The molecule has 0 radical (unpaired) electrons. The van der Waals surface area contributed by atoms with Gasteiger partial charge in [-0.05, 0) is 43.2 Å². The predicted octanol–water partition coefficient (Wildman–Crippen LogP) is 5.43. The molecule has 0 atom stereocenters. The van der Waals surface area contributed by atoms with E-state index in [1.54, 1.807) is 0 Å². The number of rotatable bonds is 5. The van der Waals surface area contributed by atoms with Crippen molar-refractivity contribution in [1.29, 1.82) is 0 Å². The number of aromatic nitrogens is 1. The Balaban J connectivity index is 1.25. The van der Waals surface area contributed by atoms with Crippen molar-refractivity contribution in [3.05, 3.63) is 95.9 Å². The van der Waals surface area contributed by atoms with Crippen molar-refractivity contribution < 1.29 is 13.9 Å². The van der Waals surface area contributed by atoms with Gasteiger partial charge in [0, 0.05) is 30.1 Å². The average Bonchev–Trinajstić information content (AvgIpc) is 3.28. The lowest BCUT2D eigenvalue weighted by molar-refractivity contribution is 0.0704. The first-order valence-electron chi connectivity index (χ1n) is 10.7. The van der Waals surface area contributed by atoms with Crippen LogP contribution in [0.25, 0.3) is 11.1 Å². The molecule has 5 heteroatoms. The van der Waals surface area contributed by atoms with Gasteiger partial charge in [0.15, 0.2) is 11.5 Å². The Hall–Kier alpha value is -3.60. The van der Waals surface area contributed by atoms with Crippen molar-refractivity contribution in [2.24, 2.45) is 0 Å². The molecule has 1 saturated heterocycles. The number of oxazole rings is 1. The second-order valence-corrected chi connectivity index (χ2v) is 7.85. The van der Waals surface area contributed by atoms with Crippen molar-refractivity contribution in [1.82, 2.24) is 9.88 Å². The molecule has 1 amide bonds. The van der Waals surface area contributed by atoms with Crippen molar-refractivity contribution in [3.63, 3.8) is 0 Å². The first kappa shape index (κ1) is 19.4. The van der Waals surface area contributed by atoms with E-state index in [0.29, 0.717) is 25.3 Å². The molecule has 0 unspecified atom stereocenters. The van der Waals surface area contributed by atoms with Crippen LogP contribution < -0.4 is 4.74 Å². The normalized spacial score (nSPS) is 14.6. The number of carbonyl (C=O) groups excluding carboxylic acids is 1. The van der Waals surface area contributed by atoms with Crippen LogP contribution in [-0.4, -0.2) is 28.9 Å². The van der Waals surface area contributed by atoms with Gasteiger partial charge in [0.2, 0.25) is 0 Å². The molecule has 1 aromatic heterocycles. The van der Waals surface area contributed by atoms with Gasteiger partial charge in [-0.1, -0.05) is 48.5 Å². The standard InChI is InChI=1S/C26H24N2O3/c29-26(22-11-5-4-8-20(22)18-30-21-9-2-1-3-10-21)28-16-14-19(15-17-28)25-27-23-12-6-7-13-24(23)31-25/h1-13,19H,14-18H2. The first-order valence-corrected chi connectivity index (χ1v) is 10.7. The lowest BCUT2D eigenvalue weighted by atomic mass is 9.95. The highest BCUT2D eigenvalue weighted by molar-refractivity contribution is 5.95. The van der Waals surface area contributed by atoms with Crippen LogP contribution in [0.5, 0.6) is 5.75 Å². The molecular formula is C26H24N2O3. The number of ether oxygens (including phenoxy) is 1. The molecule has 0 N–H and O–H groups in total. The molecule has 1 aliphatic rings. The quantitative estimate of drug-likeness (QED) is 0.439. The van der Waals surface area contributed by atoms with Crippen molar-refractivity contribution in [2.45, 2.75) is 25.4 Å². The number of amides is 1. The molecule has 0 saturated carbocycles. The van der Waals surface area contributed by atoms with E-state index in [1.165, 1.54) is 0 Å². The Morgan fingerprint density at radius 3 is 2.45 bits per heavy atom. The fourth-order valence-corrected chi connectivity index (χ4v) is 4.10. The van der Waals surface area contributed by atoms with E-state index >= 15 is 0 Å². The highest BCUT2D eigenvalue weighted by Crippen LogP contribution is 2.30. The zero-order chi connectivity index (χ0) is 21.0. The highest BCUT2D eigenvalue weighted by atomic mass is 16.5. The van der Waals surface area contributed by atoms with Gasteiger partial charge in [-0.15, -0.1) is 0 Å². The average molecular weight is 412 g/mol. The van der Waals surface area contributed by atoms with E-state index < -0.39 is 0 Å². The van der Waals surface area contributed by atoms with Gasteiger partial charge in [0.25, 0.3) is 5.91 Å². The maximum absolute atomic E-state index is 13.2. The summed E-state index contributed by atoms with van der Waals surface area (Å²) in [6.45, 7) is 1.75. The molecule has 3 aromatic carbocycles. The number of para-hydroxylation sites is 3. The SMILES string of the molecule is O=C(c1ccccc1COc1ccccc1)N1CCC(c2nc3ccccc3o2)CC1. The fraction of sp³-hybridized carbons (Fsp3) is 0.231. The van der Waals surface area contributed by atoms with Gasteiger partial charge in [0.05, 0.1) is 0 Å². The number of likely N-dealkylation sites (tertiary alicyclic amines) is 1. The summed E-state index contributed by atoms with van der Waals surface area (Å²) in [5.74, 6) is 1.88. The molecule has 5 nitrogen and oxygen atoms in total. The van der Waals surface area contributed by atoms with Gasteiger partial charge in [-0.3, -0.25) is 4.79 Å². The molecule has 1 fully saturated rings.